The van der Waals surface area contributed by atoms with Gasteiger partial charge in [-0.2, -0.15) is 11.3 Å². The topological polar surface area (TPSA) is 61.9 Å². The average molecular weight is 414 g/mol. The van der Waals surface area contributed by atoms with Crippen LogP contribution in [0.15, 0.2) is 35.0 Å². The van der Waals surface area contributed by atoms with Gasteiger partial charge in [-0.05, 0) is 68.9 Å². The monoisotopic (exact) mass is 413 g/mol. The van der Waals surface area contributed by atoms with Crippen LogP contribution in [0.2, 0.25) is 0 Å². The van der Waals surface area contributed by atoms with E-state index in [1.165, 1.54) is 0 Å². The summed E-state index contributed by atoms with van der Waals surface area (Å²) in [4.78, 5) is 29.9. The number of nitrogens with one attached hydrogen (secondary N) is 1. The van der Waals surface area contributed by atoms with Crippen LogP contribution in [0.25, 0.3) is 0 Å². The second-order valence-electron chi connectivity index (χ2n) is 8.11. The van der Waals surface area contributed by atoms with Crippen molar-refractivity contribution in [3.05, 3.63) is 40.6 Å². The molecule has 2 aliphatic rings. The van der Waals surface area contributed by atoms with Crippen LogP contribution < -0.4 is 10.2 Å². The molecule has 1 saturated heterocycles. The average Bonchev–Trinajstić information content (AvgIpc) is 3.29. The van der Waals surface area contributed by atoms with Crippen molar-refractivity contribution >= 4 is 40.2 Å². The maximum atomic E-state index is 13.6. The SMILES string of the molecule is CC(C)N(C)CC(=O)Nc1ccc2c(c1)C1(CCOCC1)C(=O)N2c1ccsc1. The van der Waals surface area contributed by atoms with Crippen LogP contribution in [0.1, 0.15) is 32.3 Å². The van der Waals surface area contributed by atoms with Crippen molar-refractivity contribution in [1.82, 2.24) is 4.90 Å². The number of hydrogen-bond donors (Lipinski definition) is 1. The number of anilines is 3. The lowest BCUT2D eigenvalue weighted by molar-refractivity contribution is -0.125. The Morgan fingerprint density at radius 3 is 2.72 bits per heavy atom. The van der Waals surface area contributed by atoms with Gasteiger partial charge in [0, 0.05) is 30.3 Å². The van der Waals surface area contributed by atoms with E-state index in [0.717, 1.165) is 22.6 Å². The summed E-state index contributed by atoms with van der Waals surface area (Å²) < 4.78 is 5.56. The zero-order valence-electron chi connectivity index (χ0n) is 17.1. The summed E-state index contributed by atoms with van der Waals surface area (Å²) in [6.45, 7) is 5.58. The molecule has 4 rings (SSSR count). The second kappa shape index (κ2) is 7.89. The number of fused-ring (bicyclic) bond motifs is 2. The Morgan fingerprint density at radius 1 is 1.31 bits per heavy atom. The third-order valence-corrected chi connectivity index (χ3v) is 6.71. The van der Waals surface area contributed by atoms with E-state index in [4.69, 9.17) is 4.74 Å². The zero-order valence-corrected chi connectivity index (χ0v) is 17.9. The normalized spacial score (nSPS) is 18.0. The summed E-state index contributed by atoms with van der Waals surface area (Å²) in [5.41, 5.74) is 2.96. The maximum absolute atomic E-state index is 13.6. The van der Waals surface area contributed by atoms with Gasteiger partial charge in [0.2, 0.25) is 11.8 Å². The van der Waals surface area contributed by atoms with Crippen LogP contribution in [0.5, 0.6) is 0 Å². The third kappa shape index (κ3) is 3.58. The number of likely N-dealkylation sites (N-methyl/N-ethyl adjacent to an activating group) is 1. The number of hydrogen-bond acceptors (Lipinski definition) is 5. The van der Waals surface area contributed by atoms with E-state index >= 15 is 0 Å². The number of ether oxygens (including phenoxy) is 1. The second-order valence-corrected chi connectivity index (χ2v) is 8.89. The van der Waals surface area contributed by atoms with Crippen LogP contribution in [0.4, 0.5) is 17.1 Å². The third-order valence-electron chi connectivity index (χ3n) is 6.03. The number of amides is 2. The summed E-state index contributed by atoms with van der Waals surface area (Å²) in [5.74, 6) is 0.0541. The van der Waals surface area contributed by atoms with Crippen molar-refractivity contribution in [2.75, 3.05) is 37.0 Å². The minimum Gasteiger partial charge on any atom is -0.381 e. The lowest BCUT2D eigenvalue weighted by atomic mass is 9.75. The van der Waals surface area contributed by atoms with E-state index in [9.17, 15) is 9.59 Å². The molecular weight excluding hydrogens is 386 g/mol. The molecule has 0 atom stereocenters. The van der Waals surface area contributed by atoms with E-state index in [1.807, 2.05) is 51.9 Å². The first-order valence-corrected chi connectivity index (χ1v) is 11.0. The highest BCUT2D eigenvalue weighted by atomic mass is 32.1. The number of benzene rings is 1. The Labute approximate surface area is 175 Å². The van der Waals surface area contributed by atoms with Gasteiger partial charge in [0.05, 0.1) is 23.3 Å². The van der Waals surface area contributed by atoms with Crippen molar-refractivity contribution in [2.24, 2.45) is 0 Å². The summed E-state index contributed by atoms with van der Waals surface area (Å²) in [7, 11) is 1.93. The molecule has 0 unspecified atom stereocenters. The molecule has 1 N–H and O–H groups in total. The van der Waals surface area contributed by atoms with Gasteiger partial charge in [-0.3, -0.25) is 19.4 Å². The molecule has 154 valence electrons. The Hall–Kier alpha value is -2.22. The summed E-state index contributed by atoms with van der Waals surface area (Å²) in [6.07, 6.45) is 1.32. The molecule has 1 fully saturated rings. The Kier molecular flexibility index (Phi) is 5.46. The van der Waals surface area contributed by atoms with Crippen LogP contribution in [-0.4, -0.2) is 49.6 Å². The predicted molar refractivity (Wildman–Crippen MR) is 116 cm³/mol. The van der Waals surface area contributed by atoms with Crippen molar-refractivity contribution in [3.63, 3.8) is 0 Å². The smallest absolute Gasteiger partial charge is 0.242 e. The van der Waals surface area contributed by atoms with Crippen molar-refractivity contribution in [1.29, 1.82) is 0 Å². The lowest BCUT2D eigenvalue weighted by Gasteiger charge is -2.32. The van der Waals surface area contributed by atoms with Gasteiger partial charge in [-0.1, -0.05) is 0 Å². The molecule has 0 saturated carbocycles. The van der Waals surface area contributed by atoms with Gasteiger partial charge in [0.15, 0.2) is 0 Å². The predicted octanol–water partition coefficient (Wildman–Crippen LogP) is 3.75. The first-order valence-electron chi connectivity index (χ1n) is 10.0. The quantitative estimate of drug-likeness (QED) is 0.811. The molecule has 0 radical (unpaired) electrons. The molecule has 1 spiro atoms. The van der Waals surface area contributed by atoms with Gasteiger partial charge in [-0.15, -0.1) is 0 Å². The zero-order chi connectivity index (χ0) is 20.6. The van der Waals surface area contributed by atoms with Crippen LogP contribution in [0, 0.1) is 0 Å². The van der Waals surface area contributed by atoms with Crippen LogP contribution in [0.3, 0.4) is 0 Å². The lowest BCUT2D eigenvalue weighted by Crippen LogP contribution is -2.42. The van der Waals surface area contributed by atoms with E-state index < -0.39 is 5.41 Å². The van der Waals surface area contributed by atoms with Crippen molar-refractivity contribution < 1.29 is 14.3 Å². The summed E-state index contributed by atoms with van der Waals surface area (Å²) in [6, 6.07) is 8.09. The number of carbonyl (C=O) groups is 2. The van der Waals surface area contributed by atoms with Gasteiger partial charge >= 0.3 is 0 Å². The van der Waals surface area contributed by atoms with Crippen molar-refractivity contribution in [3.8, 4) is 0 Å². The molecule has 0 aliphatic carbocycles. The maximum Gasteiger partial charge on any atom is 0.242 e. The van der Waals surface area contributed by atoms with Gasteiger partial charge in [-0.25, -0.2) is 0 Å². The number of thiophene rings is 1. The minimum atomic E-state index is -0.578. The molecule has 2 amide bonds. The fourth-order valence-electron chi connectivity index (χ4n) is 4.08. The van der Waals surface area contributed by atoms with E-state index in [2.05, 4.69) is 19.2 Å². The molecule has 0 bridgehead atoms. The van der Waals surface area contributed by atoms with Crippen molar-refractivity contribution in [2.45, 2.75) is 38.1 Å². The number of nitrogens with zero attached hydrogens (tertiary/aromatic N) is 2. The first-order chi connectivity index (χ1) is 13.9. The number of rotatable bonds is 5. The molecule has 2 aromatic rings. The standard InChI is InChI=1S/C22H27N3O3S/c1-15(2)24(3)13-20(26)23-16-4-5-19-18(12-16)22(7-9-28-10-8-22)21(27)25(19)17-6-11-29-14-17/h4-6,11-12,14-15H,7-10,13H2,1-3H3,(H,23,26). The van der Waals surface area contributed by atoms with Gasteiger partial charge in [0.1, 0.15) is 0 Å². The molecule has 2 aliphatic heterocycles. The largest absolute Gasteiger partial charge is 0.381 e. The van der Waals surface area contributed by atoms with Gasteiger partial charge < -0.3 is 10.1 Å². The van der Waals surface area contributed by atoms with E-state index in [1.54, 1.807) is 11.3 Å². The van der Waals surface area contributed by atoms with E-state index in [0.29, 0.717) is 38.6 Å². The molecular formula is C22H27N3O3S. The summed E-state index contributed by atoms with van der Waals surface area (Å²) >= 11 is 1.58. The Bertz CT molecular complexity index is 904. The highest BCUT2D eigenvalue weighted by Gasteiger charge is 2.52. The molecule has 7 heteroatoms. The highest BCUT2D eigenvalue weighted by molar-refractivity contribution is 7.08. The van der Waals surface area contributed by atoms with Crippen LogP contribution in [-0.2, 0) is 19.7 Å². The highest BCUT2D eigenvalue weighted by Crippen LogP contribution is 2.51. The summed E-state index contributed by atoms with van der Waals surface area (Å²) in [5, 5.41) is 6.98. The fourth-order valence-corrected chi connectivity index (χ4v) is 4.70. The molecule has 1 aromatic heterocycles. The Morgan fingerprint density at radius 2 is 2.07 bits per heavy atom. The Balaban J connectivity index is 1.67. The van der Waals surface area contributed by atoms with Crippen LogP contribution >= 0.6 is 11.3 Å². The molecule has 3 heterocycles. The molecule has 1 aromatic carbocycles. The first kappa shape index (κ1) is 20.1. The van der Waals surface area contributed by atoms with E-state index in [-0.39, 0.29) is 11.8 Å². The van der Waals surface area contributed by atoms with Gasteiger partial charge in [0.25, 0.3) is 0 Å². The molecule has 29 heavy (non-hydrogen) atoms. The minimum absolute atomic E-state index is 0.0545. The number of carbonyl (C=O) groups excluding carboxylic acids is 2. The fraction of sp³-hybridized carbons (Fsp3) is 0.455. The molecule has 6 nitrogen and oxygen atoms in total.